The number of nitrogens with one attached hydrogen (secondary N) is 3. The summed E-state index contributed by atoms with van der Waals surface area (Å²) in [5, 5.41) is 5.79. The van der Waals surface area contributed by atoms with Crippen molar-refractivity contribution in [1.82, 2.24) is 19.9 Å². The van der Waals surface area contributed by atoms with Gasteiger partial charge in [-0.15, -0.1) is 0 Å². The Hall–Kier alpha value is -3.75. The van der Waals surface area contributed by atoms with Gasteiger partial charge in [0.1, 0.15) is 5.82 Å². The molecule has 9 heteroatoms. The molecule has 4 rings (SSSR count). The predicted molar refractivity (Wildman–Crippen MR) is 94.4 cm³/mol. The Bertz CT molecular complexity index is 1150. The zero-order valence-corrected chi connectivity index (χ0v) is 13.6. The van der Waals surface area contributed by atoms with Gasteiger partial charge in [0, 0.05) is 11.4 Å². The number of aromatic amines is 1. The highest BCUT2D eigenvalue weighted by Gasteiger charge is 2.09. The van der Waals surface area contributed by atoms with Crippen molar-refractivity contribution in [1.29, 1.82) is 0 Å². The second-order valence-electron chi connectivity index (χ2n) is 5.53. The number of hydrogen-bond acceptors (Lipinski definition) is 7. The summed E-state index contributed by atoms with van der Waals surface area (Å²) >= 11 is 0. The monoisotopic (exact) mass is 352 g/mol. The van der Waals surface area contributed by atoms with E-state index < -0.39 is 11.6 Å². The first-order chi connectivity index (χ1) is 12.6. The highest BCUT2D eigenvalue weighted by molar-refractivity contribution is 5.78. The fraction of sp³-hybridized carbons (Fsp3) is 0.0588. The largest absolute Gasteiger partial charge is 0.417 e. The molecule has 0 aliphatic carbocycles. The third-order valence-electron chi connectivity index (χ3n) is 3.55. The van der Waals surface area contributed by atoms with Crippen LogP contribution in [-0.2, 0) is 0 Å². The average molecular weight is 352 g/mol. The maximum Gasteiger partial charge on any atom is 0.417 e. The van der Waals surface area contributed by atoms with Gasteiger partial charge in [0.05, 0.1) is 11.7 Å². The quantitative estimate of drug-likeness (QED) is 0.517. The first-order valence-corrected chi connectivity index (χ1v) is 7.70. The molecule has 8 nitrogen and oxygen atoms in total. The Morgan fingerprint density at radius 2 is 2.04 bits per heavy atom. The molecule has 0 atom stereocenters. The number of fused-ring (bicyclic) bond motifs is 1. The second kappa shape index (κ2) is 6.28. The average Bonchev–Trinajstić information content (AvgIpc) is 2.97. The summed E-state index contributed by atoms with van der Waals surface area (Å²) in [5.41, 5.74) is 2.28. The third-order valence-corrected chi connectivity index (χ3v) is 3.55. The molecular weight excluding hydrogens is 339 g/mol. The lowest BCUT2D eigenvalue weighted by atomic mass is 10.3. The van der Waals surface area contributed by atoms with Gasteiger partial charge in [-0.2, -0.15) is 4.98 Å². The van der Waals surface area contributed by atoms with Gasteiger partial charge in [-0.25, -0.2) is 19.2 Å². The number of hydrogen-bond donors (Lipinski definition) is 3. The van der Waals surface area contributed by atoms with Crippen molar-refractivity contribution < 1.29 is 8.81 Å². The van der Waals surface area contributed by atoms with Crippen LogP contribution in [0.5, 0.6) is 0 Å². The number of halogens is 1. The van der Waals surface area contributed by atoms with Crippen molar-refractivity contribution in [3.05, 3.63) is 64.7 Å². The van der Waals surface area contributed by atoms with Crippen molar-refractivity contribution in [2.45, 2.75) is 6.92 Å². The van der Waals surface area contributed by atoms with Gasteiger partial charge >= 0.3 is 5.76 Å². The van der Waals surface area contributed by atoms with Crippen LogP contribution in [-0.4, -0.2) is 19.9 Å². The van der Waals surface area contributed by atoms with Crippen LogP contribution in [0.25, 0.3) is 11.1 Å². The Kier molecular flexibility index (Phi) is 3.81. The molecular formula is C17H13FN6O2. The summed E-state index contributed by atoms with van der Waals surface area (Å²) in [6.07, 6.45) is 1.06. The summed E-state index contributed by atoms with van der Waals surface area (Å²) < 4.78 is 19.0. The molecule has 0 unspecified atom stereocenters. The number of pyridine rings is 1. The van der Waals surface area contributed by atoms with E-state index in [2.05, 4.69) is 30.6 Å². The Labute approximate surface area is 146 Å². The van der Waals surface area contributed by atoms with Crippen LogP contribution in [0.2, 0.25) is 0 Å². The van der Waals surface area contributed by atoms with Gasteiger partial charge in [0.15, 0.2) is 17.2 Å². The molecule has 0 amide bonds. The molecule has 0 bridgehead atoms. The summed E-state index contributed by atoms with van der Waals surface area (Å²) in [6.45, 7) is 1.86. The zero-order valence-electron chi connectivity index (χ0n) is 13.6. The SMILES string of the molecule is Cc1cccc(Nc2ncc(F)c(Nc3ccc4oc(=O)[nH]c4c3)n2)n1. The van der Waals surface area contributed by atoms with Crippen LogP contribution in [0.1, 0.15) is 5.69 Å². The fourth-order valence-corrected chi connectivity index (χ4v) is 2.41. The molecule has 0 radical (unpaired) electrons. The van der Waals surface area contributed by atoms with Crippen molar-refractivity contribution in [2.24, 2.45) is 0 Å². The second-order valence-corrected chi connectivity index (χ2v) is 5.53. The highest BCUT2D eigenvalue weighted by Crippen LogP contribution is 2.22. The van der Waals surface area contributed by atoms with Crippen molar-refractivity contribution in [2.75, 3.05) is 10.6 Å². The van der Waals surface area contributed by atoms with Crippen molar-refractivity contribution >= 4 is 34.4 Å². The zero-order chi connectivity index (χ0) is 18.1. The van der Waals surface area contributed by atoms with E-state index in [1.54, 1.807) is 24.3 Å². The van der Waals surface area contributed by atoms with Gasteiger partial charge in [0.2, 0.25) is 5.95 Å². The topological polar surface area (TPSA) is 109 Å². The number of aromatic nitrogens is 4. The molecule has 0 aliphatic rings. The minimum absolute atomic E-state index is 0.0136. The van der Waals surface area contributed by atoms with E-state index in [4.69, 9.17) is 4.42 Å². The van der Waals surface area contributed by atoms with Crippen LogP contribution < -0.4 is 16.4 Å². The van der Waals surface area contributed by atoms with Crippen molar-refractivity contribution in [3.8, 4) is 0 Å². The van der Waals surface area contributed by atoms with Gasteiger partial charge in [-0.05, 0) is 37.3 Å². The minimum Gasteiger partial charge on any atom is -0.408 e. The first kappa shape index (κ1) is 15.8. The van der Waals surface area contributed by atoms with Gasteiger partial charge in [0.25, 0.3) is 0 Å². The van der Waals surface area contributed by atoms with E-state index in [1.807, 2.05) is 19.1 Å². The standard InChI is InChI=1S/C17H13FN6O2/c1-9-3-2-4-14(20-9)23-16-19-8-11(18)15(24-16)21-10-5-6-13-12(7-10)22-17(25)26-13/h2-8H,1H3,(H,22,25)(H2,19,20,21,23,24). The van der Waals surface area contributed by atoms with E-state index >= 15 is 0 Å². The molecule has 3 heterocycles. The molecule has 3 N–H and O–H groups in total. The van der Waals surface area contributed by atoms with Gasteiger partial charge < -0.3 is 15.1 Å². The third kappa shape index (κ3) is 3.22. The van der Waals surface area contributed by atoms with E-state index in [-0.39, 0.29) is 11.8 Å². The normalized spacial score (nSPS) is 10.8. The summed E-state index contributed by atoms with van der Waals surface area (Å²) in [7, 11) is 0. The van der Waals surface area contributed by atoms with Crippen LogP contribution in [0.3, 0.4) is 0 Å². The first-order valence-electron chi connectivity index (χ1n) is 7.70. The molecule has 0 saturated heterocycles. The van der Waals surface area contributed by atoms with Crippen LogP contribution in [0, 0.1) is 12.7 Å². The molecule has 130 valence electrons. The Morgan fingerprint density at radius 1 is 1.15 bits per heavy atom. The maximum atomic E-state index is 14.1. The summed E-state index contributed by atoms with van der Waals surface area (Å²) in [6, 6.07) is 10.3. The van der Waals surface area contributed by atoms with Gasteiger partial charge in [-0.3, -0.25) is 4.98 Å². The molecule has 0 fully saturated rings. The number of oxazole rings is 1. The van der Waals surface area contributed by atoms with Crippen LogP contribution in [0.15, 0.2) is 51.8 Å². The lowest BCUT2D eigenvalue weighted by Crippen LogP contribution is -2.04. The molecule has 0 spiro atoms. The minimum atomic E-state index is -0.617. The number of anilines is 4. The number of rotatable bonds is 4. The molecule has 4 aromatic rings. The van der Waals surface area contributed by atoms with E-state index in [9.17, 15) is 9.18 Å². The smallest absolute Gasteiger partial charge is 0.408 e. The highest BCUT2D eigenvalue weighted by atomic mass is 19.1. The lowest BCUT2D eigenvalue weighted by molar-refractivity contribution is 0.555. The molecule has 0 aliphatic heterocycles. The summed E-state index contributed by atoms with van der Waals surface area (Å²) in [5.74, 6) is -0.430. The molecule has 26 heavy (non-hydrogen) atoms. The fourth-order valence-electron chi connectivity index (χ4n) is 2.41. The number of aryl methyl sites for hydroxylation is 1. The predicted octanol–water partition coefficient (Wildman–Crippen LogP) is 3.24. The number of H-pyrrole nitrogens is 1. The van der Waals surface area contributed by atoms with E-state index in [0.717, 1.165) is 11.9 Å². The van der Waals surface area contributed by atoms with Crippen LogP contribution >= 0.6 is 0 Å². The van der Waals surface area contributed by atoms with Gasteiger partial charge in [-0.1, -0.05) is 6.07 Å². The molecule has 3 aromatic heterocycles. The Morgan fingerprint density at radius 3 is 2.88 bits per heavy atom. The molecule has 0 saturated carbocycles. The molecule has 1 aromatic carbocycles. The van der Waals surface area contributed by atoms with E-state index in [1.165, 1.54) is 0 Å². The Balaban J connectivity index is 1.61. The maximum absolute atomic E-state index is 14.1. The van der Waals surface area contributed by atoms with Crippen LogP contribution in [0.4, 0.5) is 27.7 Å². The summed E-state index contributed by atoms with van der Waals surface area (Å²) in [4.78, 5) is 26.1. The number of nitrogens with zero attached hydrogens (tertiary/aromatic N) is 3. The van der Waals surface area contributed by atoms with E-state index in [0.29, 0.717) is 22.6 Å². The van der Waals surface area contributed by atoms with Crippen molar-refractivity contribution in [3.63, 3.8) is 0 Å². The number of benzene rings is 1. The lowest BCUT2D eigenvalue weighted by Gasteiger charge is -2.09.